The molecule has 1 aromatic rings. The standard InChI is InChI=1S/C11H14BrF2NO/c1-7(5-15-2)6-16-10-4-8(12)3-9(13)11(10)14/h3-4,7,15H,5-6H2,1-2H3. The van der Waals surface area contributed by atoms with Crippen molar-refractivity contribution < 1.29 is 13.5 Å². The summed E-state index contributed by atoms with van der Waals surface area (Å²) in [5.74, 6) is -1.69. The van der Waals surface area contributed by atoms with Gasteiger partial charge in [0.05, 0.1) is 6.61 Å². The van der Waals surface area contributed by atoms with Gasteiger partial charge in [0.2, 0.25) is 5.82 Å². The number of hydrogen-bond acceptors (Lipinski definition) is 2. The first-order valence-corrected chi connectivity index (χ1v) is 5.75. The molecule has 2 nitrogen and oxygen atoms in total. The minimum atomic E-state index is -0.945. The summed E-state index contributed by atoms with van der Waals surface area (Å²) in [6, 6.07) is 2.49. The molecule has 1 N–H and O–H groups in total. The zero-order valence-electron chi connectivity index (χ0n) is 9.19. The number of hydrogen-bond donors (Lipinski definition) is 1. The first-order valence-electron chi connectivity index (χ1n) is 4.96. The number of nitrogens with one attached hydrogen (secondary N) is 1. The van der Waals surface area contributed by atoms with Crippen molar-refractivity contribution in [2.24, 2.45) is 5.92 Å². The summed E-state index contributed by atoms with van der Waals surface area (Å²) in [6.07, 6.45) is 0. The van der Waals surface area contributed by atoms with Crippen LogP contribution >= 0.6 is 15.9 Å². The van der Waals surface area contributed by atoms with Gasteiger partial charge in [-0.25, -0.2) is 4.39 Å². The summed E-state index contributed by atoms with van der Waals surface area (Å²) >= 11 is 3.09. The van der Waals surface area contributed by atoms with E-state index in [9.17, 15) is 8.78 Å². The molecule has 0 bridgehead atoms. The lowest BCUT2D eigenvalue weighted by Crippen LogP contribution is -2.22. The molecule has 1 rings (SSSR count). The number of halogens is 3. The first-order chi connectivity index (χ1) is 7.54. The van der Waals surface area contributed by atoms with E-state index in [1.54, 1.807) is 0 Å². The van der Waals surface area contributed by atoms with E-state index in [-0.39, 0.29) is 11.7 Å². The molecule has 0 aliphatic heterocycles. The van der Waals surface area contributed by atoms with Gasteiger partial charge in [0.25, 0.3) is 0 Å². The molecule has 0 spiro atoms. The van der Waals surface area contributed by atoms with Crippen molar-refractivity contribution in [3.8, 4) is 5.75 Å². The van der Waals surface area contributed by atoms with Crippen molar-refractivity contribution in [3.63, 3.8) is 0 Å². The third kappa shape index (κ3) is 3.72. The van der Waals surface area contributed by atoms with Crippen LogP contribution in [0.4, 0.5) is 8.78 Å². The van der Waals surface area contributed by atoms with Gasteiger partial charge in [-0.05, 0) is 19.2 Å². The van der Waals surface area contributed by atoms with E-state index in [2.05, 4.69) is 21.2 Å². The maximum Gasteiger partial charge on any atom is 0.200 e. The van der Waals surface area contributed by atoms with Gasteiger partial charge in [0.15, 0.2) is 11.6 Å². The molecule has 1 aromatic carbocycles. The number of benzene rings is 1. The quantitative estimate of drug-likeness (QED) is 0.843. The van der Waals surface area contributed by atoms with E-state index in [0.717, 1.165) is 12.6 Å². The summed E-state index contributed by atoms with van der Waals surface area (Å²) in [4.78, 5) is 0. The molecule has 0 saturated carbocycles. The Labute approximate surface area is 102 Å². The van der Waals surface area contributed by atoms with Crippen LogP contribution in [0.25, 0.3) is 0 Å². The van der Waals surface area contributed by atoms with Crippen LogP contribution in [0.15, 0.2) is 16.6 Å². The van der Waals surface area contributed by atoms with Gasteiger partial charge in [-0.15, -0.1) is 0 Å². The number of rotatable bonds is 5. The van der Waals surface area contributed by atoms with Crippen molar-refractivity contribution >= 4 is 15.9 Å². The van der Waals surface area contributed by atoms with Gasteiger partial charge in [-0.2, -0.15) is 4.39 Å². The monoisotopic (exact) mass is 293 g/mol. The fourth-order valence-corrected chi connectivity index (χ4v) is 1.69. The third-order valence-electron chi connectivity index (χ3n) is 2.04. The summed E-state index contributed by atoms with van der Waals surface area (Å²) in [5.41, 5.74) is 0. The van der Waals surface area contributed by atoms with E-state index in [4.69, 9.17) is 4.74 Å². The van der Waals surface area contributed by atoms with Crippen LogP contribution in [0.5, 0.6) is 5.75 Å². The van der Waals surface area contributed by atoms with Crippen LogP contribution < -0.4 is 10.1 Å². The highest BCUT2D eigenvalue weighted by Gasteiger charge is 2.12. The van der Waals surface area contributed by atoms with E-state index in [1.807, 2.05) is 14.0 Å². The second-order valence-electron chi connectivity index (χ2n) is 3.67. The van der Waals surface area contributed by atoms with Crippen LogP contribution in [0, 0.1) is 17.6 Å². The predicted octanol–water partition coefficient (Wildman–Crippen LogP) is 2.96. The van der Waals surface area contributed by atoms with Gasteiger partial charge in [0, 0.05) is 16.9 Å². The molecule has 0 saturated heterocycles. The number of ether oxygens (including phenoxy) is 1. The smallest absolute Gasteiger partial charge is 0.200 e. The molecule has 5 heteroatoms. The maximum atomic E-state index is 13.3. The first kappa shape index (κ1) is 13.4. The second kappa shape index (κ2) is 6.15. The Hall–Kier alpha value is -0.680. The molecule has 16 heavy (non-hydrogen) atoms. The molecule has 90 valence electrons. The maximum absolute atomic E-state index is 13.3. The Bertz CT molecular complexity index is 360. The second-order valence-corrected chi connectivity index (χ2v) is 4.59. The van der Waals surface area contributed by atoms with Gasteiger partial charge >= 0.3 is 0 Å². The van der Waals surface area contributed by atoms with Crippen LogP contribution in [0.3, 0.4) is 0 Å². The minimum Gasteiger partial charge on any atom is -0.490 e. The lowest BCUT2D eigenvalue weighted by atomic mass is 10.2. The minimum absolute atomic E-state index is 0.0603. The van der Waals surface area contributed by atoms with Gasteiger partial charge in [-0.3, -0.25) is 0 Å². The molecule has 0 aromatic heterocycles. The predicted molar refractivity (Wildman–Crippen MR) is 62.6 cm³/mol. The summed E-state index contributed by atoms with van der Waals surface area (Å²) in [5, 5.41) is 2.98. The Morgan fingerprint density at radius 2 is 2.12 bits per heavy atom. The van der Waals surface area contributed by atoms with Gasteiger partial charge in [0.1, 0.15) is 0 Å². The molecule has 0 aliphatic rings. The van der Waals surface area contributed by atoms with Gasteiger partial charge < -0.3 is 10.1 Å². The van der Waals surface area contributed by atoms with Crippen molar-refractivity contribution in [2.45, 2.75) is 6.92 Å². The zero-order valence-corrected chi connectivity index (χ0v) is 10.8. The molecule has 0 heterocycles. The SMILES string of the molecule is CNCC(C)COc1cc(Br)cc(F)c1F. The lowest BCUT2D eigenvalue weighted by Gasteiger charge is -2.13. The highest BCUT2D eigenvalue weighted by Crippen LogP contribution is 2.25. The lowest BCUT2D eigenvalue weighted by molar-refractivity contribution is 0.244. The van der Waals surface area contributed by atoms with Crippen LogP contribution in [-0.2, 0) is 0 Å². The third-order valence-corrected chi connectivity index (χ3v) is 2.49. The van der Waals surface area contributed by atoms with Crippen LogP contribution in [0.2, 0.25) is 0 Å². The Kier molecular flexibility index (Phi) is 5.15. The fraction of sp³-hybridized carbons (Fsp3) is 0.455. The highest BCUT2D eigenvalue weighted by molar-refractivity contribution is 9.10. The Morgan fingerprint density at radius 3 is 2.75 bits per heavy atom. The van der Waals surface area contributed by atoms with Crippen molar-refractivity contribution in [2.75, 3.05) is 20.2 Å². The van der Waals surface area contributed by atoms with Crippen molar-refractivity contribution in [3.05, 3.63) is 28.2 Å². The van der Waals surface area contributed by atoms with Crippen molar-refractivity contribution in [1.82, 2.24) is 5.32 Å². The molecule has 1 atom stereocenters. The largest absolute Gasteiger partial charge is 0.490 e. The van der Waals surface area contributed by atoms with E-state index >= 15 is 0 Å². The molecule has 1 unspecified atom stereocenters. The zero-order chi connectivity index (χ0) is 12.1. The van der Waals surface area contributed by atoms with E-state index < -0.39 is 11.6 Å². The van der Waals surface area contributed by atoms with E-state index in [1.165, 1.54) is 6.07 Å². The molecular formula is C11H14BrF2NO. The van der Waals surface area contributed by atoms with Crippen LogP contribution in [0.1, 0.15) is 6.92 Å². The van der Waals surface area contributed by atoms with Gasteiger partial charge in [-0.1, -0.05) is 22.9 Å². The van der Waals surface area contributed by atoms with E-state index in [0.29, 0.717) is 11.1 Å². The summed E-state index contributed by atoms with van der Waals surface area (Å²) in [7, 11) is 1.83. The average Bonchev–Trinajstić information content (AvgIpc) is 2.21. The summed E-state index contributed by atoms with van der Waals surface area (Å²) < 4.78 is 32.0. The Balaban J connectivity index is 2.66. The topological polar surface area (TPSA) is 21.3 Å². The normalized spacial score (nSPS) is 12.6. The molecule has 0 radical (unpaired) electrons. The summed E-state index contributed by atoms with van der Waals surface area (Å²) in [6.45, 7) is 3.06. The molecule has 0 aliphatic carbocycles. The molecule has 0 amide bonds. The van der Waals surface area contributed by atoms with Crippen molar-refractivity contribution in [1.29, 1.82) is 0 Å². The fourth-order valence-electron chi connectivity index (χ4n) is 1.28. The molecular weight excluding hydrogens is 280 g/mol. The average molecular weight is 294 g/mol. The van der Waals surface area contributed by atoms with Crippen LogP contribution in [-0.4, -0.2) is 20.2 Å². The highest BCUT2D eigenvalue weighted by atomic mass is 79.9. The Morgan fingerprint density at radius 1 is 1.44 bits per heavy atom. The molecule has 0 fully saturated rings.